The number of carbonyl (C=O) groups excluding carboxylic acids is 2. The lowest BCUT2D eigenvalue weighted by molar-refractivity contribution is -0.139. The van der Waals surface area contributed by atoms with E-state index in [4.69, 9.17) is 9.47 Å². The molecule has 1 aromatic heterocycles. The third-order valence-corrected chi connectivity index (χ3v) is 5.40. The first-order valence-electron chi connectivity index (χ1n) is 10.6. The van der Waals surface area contributed by atoms with Crippen LogP contribution < -0.4 is 4.74 Å². The number of nitrogens with zero attached hydrogens (tertiary/aromatic N) is 3. The van der Waals surface area contributed by atoms with E-state index in [0.29, 0.717) is 36.5 Å². The summed E-state index contributed by atoms with van der Waals surface area (Å²) in [7, 11) is 0. The summed E-state index contributed by atoms with van der Waals surface area (Å²) in [5.74, 6) is 0.157. The van der Waals surface area contributed by atoms with E-state index < -0.39 is 0 Å². The summed E-state index contributed by atoms with van der Waals surface area (Å²) in [6.45, 7) is 7.74. The quantitative estimate of drug-likeness (QED) is 0.668. The minimum absolute atomic E-state index is 0.0342. The van der Waals surface area contributed by atoms with Crippen molar-refractivity contribution >= 4 is 17.4 Å². The first kappa shape index (κ1) is 21.1. The predicted molar refractivity (Wildman–Crippen MR) is 116 cm³/mol. The normalized spacial score (nSPS) is 21.8. The van der Waals surface area contributed by atoms with Gasteiger partial charge >= 0.3 is 0 Å². The number of aromatic nitrogens is 1. The second-order valence-corrected chi connectivity index (χ2v) is 7.90. The molecule has 162 valence electrons. The average molecular weight is 421 g/mol. The SMILES string of the molecule is CCOc1ccc(C2=C(N3CC(C)OC(C)C3)C(=O)N(Cc3cccnc3)C2=O)cc1. The highest BCUT2D eigenvalue weighted by Gasteiger charge is 2.43. The van der Waals surface area contributed by atoms with E-state index in [1.807, 2.05) is 56.0 Å². The second kappa shape index (κ2) is 8.89. The Labute approximate surface area is 182 Å². The van der Waals surface area contributed by atoms with Gasteiger partial charge in [0.05, 0.1) is 30.9 Å². The van der Waals surface area contributed by atoms with Crippen LogP contribution in [0, 0.1) is 0 Å². The van der Waals surface area contributed by atoms with E-state index in [0.717, 1.165) is 11.3 Å². The summed E-state index contributed by atoms with van der Waals surface area (Å²) in [6, 6.07) is 11.0. The molecule has 0 bridgehead atoms. The molecule has 2 aliphatic rings. The van der Waals surface area contributed by atoms with Gasteiger partial charge in [-0.05, 0) is 50.1 Å². The van der Waals surface area contributed by atoms with Gasteiger partial charge in [-0.1, -0.05) is 18.2 Å². The smallest absolute Gasteiger partial charge is 0.278 e. The van der Waals surface area contributed by atoms with Crippen molar-refractivity contribution < 1.29 is 19.1 Å². The molecule has 4 rings (SSSR count). The standard InChI is InChI=1S/C24H27N3O4/c1-4-30-20-9-7-19(8-10-20)21-22(26-13-16(2)31-17(3)14-26)24(29)27(23(21)28)15-18-6-5-11-25-12-18/h5-12,16-17H,4,13-15H2,1-3H3. The summed E-state index contributed by atoms with van der Waals surface area (Å²) in [6.07, 6.45) is 3.28. The second-order valence-electron chi connectivity index (χ2n) is 7.90. The van der Waals surface area contributed by atoms with Gasteiger partial charge in [0.2, 0.25) is 0 Å². The van der Waals surface area contributed by atoms with Gasteiger partial charge in [-0.25, -0.2) is 0 Å². The van der Waals surface area contributed by atoms with Gasteiger partial charge < -0.3 is 14.4 Å². The van der Waals surface area contributed by atoms with E-state index in [9.17, 15) is 9.59 Å². The van der Waals surface area contributed by atoms with Crippen molar-refractivity contribution in [3.8, 4) is 5.75 Å². The Morgan fingerprint density at radius 3 is 2.39 bits per heavy atom. The Kier molecular flexibility index (Phi) is 6.04. The van der Waals surface area contributed by atoms with Crippen LogP contribution in [0.4, 0.5) is 0 Å². The van der Waals surface area contributed by atoms with Gasteiger partial charge in [-0.15, -0.1) is 0 Å². The highest BCUT2D eigenvalue weighted by Crippen LogP contribution is 2.34. The van der Waals surface area contributed by atoms with Crippen molar-refractivity contribution in [3.63, 3.8) is 0 Å². The van der Waals surface area contributed by atoms with Crippen LogP contribution in [0.25, 0.3) is 5.57 Å². The molecule has 7 nitrogen and oxygen atoms in total. The number of rotatable bonds is 6. The number of benzene rings is 1. The van der Waals surface area contributed by atoms with Crippen molar-refractivity contribution in [2.75, 3.05) is 19.7 Å². The van der Waals surface area contributed by atoms with Crippen LogP contribution in [-0.2, 0) is 20.9 Å². The summed E-state index contributed by atoms with van der Waals surface area (Å²) in [5.41, 5.74) is 2.38. The molecule has 1 aromatic carbocycles. The third-order valence-electron chi connectivity index (χ3n) is 5.40. The van der Waals surface area contributed by atoms with Gasteiger partial charge in [0.25, 0.3) is 11.8 Å². The molecule has 1 saturated heterocycles. The third kappa shape index (κ3) is 4.32. The van der Waals surface area contributed by atoms with Crippen molar-refractivity contribution in [2.45, 2.75) is 39.5 Å². The maximum absolute atomic E-state index is 13.5. The molecule has 0 N–H and O–H groups in total. The number of carbonyl (C=O) groups is 2. The van der Waals surface area contributed by atoms with Gasteiger partial charge in [-0.3, -0.25) is 19.5 Å². The summed E-state index contributed by atoms with van der Waals surface area (Å²) >= 11 is 0. The lowest BCUT2D eigenvalue weighted by atomic mass is 10.0. The van der Waals surface area contributed by atoms with Gasteiger partial charge in [0.1, 0.15) is 11.4 Å². The summed E-state index contributed by atoms with van der Waals surface area (Å²) < 4.78 is 11.4. The molecule has 2 unspecified atom stereocenters. The maximum atomic E-state index is 13.5. The van der Waals surface area contributed by atoms with Crippen LogP contribution in [0.1, 0.15) is 31.9 Å². The van der Waals surface area contributed by atoms with Gasteiger partial charge in [0, 0.05) is 25.5 Å². The molecular weight excluding hydrogens is 394 g/mol. The van der Waals surface area contributed by atoms with Crippen molar-refractivity contribution in [1.29, 1.82) is 0 Å². The lowest BCUT2D eigenvalue weighted by Gasteiger charge is -2.37. The average Bonchev–Trinajstić information content (AvgIpc) is 2.99. The fraction of sp³-hybridized carbons (Fsp3) is 0.375. The zero-order chi connectivity index (χ0) is 22.0. The number of pyridine rings is 1. The first-order chi connectivity index (χ1) is 15.0. The Morgan fingerprint density at radius 1 is 1.06 bits per heavy atom. The number of amides is 2. The molecule has 31 heavy (non-hydrogen) atoms. The highest BCUT2D eigenvalue weighted by atomic mass is 16.5. The fourth-order valence-electron chi connectivity index (χ4n) is 4.18. The van der Waals surface area contributed by atoms with Crippen LogP contribution in [0.5, 0.6) is 5.75 Å². The Bertz CT molecular complexity index is 978. The van der Waals surface area contributed by atoms with E-state index in [-0.39, 0.29) is 30.6 Å². The van der Waals surface area contributed by atoms with Crippen molar-refractivity contribution in [2.24, 2.45) is 0 Å². The molecule has 2 aliphatic heterocycles. The maximum Gasteiger partial charge on any atom is 0.278 e. The lowest BCUT2D eigenvalue weighted by Crippen LogP contribution is -2.46. The molecule has 0 radical (unpaired) electrons. The van der Waals surface area contributed by atoms with Crippen LogP contribution in [0.2, 0.25) is 0 Å². The monoisotopic (exact) mass is 421 g/mol. The predicted octanol–water partition coefficient (Wildman–Crippen LogP) is 2.87. The molecule has 0 aliphatic carbocycles. The van der Waals surface area contributed by atoms with Crippen molar-refractivity contribution in [3.05, 3.63) is 65.6 Å². The highest BCUT2D eigenvalue weighted by molar-refractivity contribution is 6.35. The van der Waals surface area contributed by atoms with Crippen molar-refractivity contribution in [1.82, 2.24) is 14.8 Å². The van der Waals surface area contributed by atoms with E-state index in [1.165, 1.54) is 4.90 Å². The Morgan fingerprint density at radius 2 is 1.77 bits per heavy atom. The number of imide groups is 1. The van der Waals surface area contributed by atoms with E-state index >= 15 is 0 Å². The summed E-state index contributed by atoms with van der Waals surface area (Å²) in [4.78, 5) is 34.4. The number of ether oxygens (including phenoxy) is 2. The topological polar surface area (TPSA) is 72.0 Å². The van der Waals surface area contributed by atoms with Crippen LogP contribution in [0.3, 0.4) is 0 Å². The first-order valence-corrected chi connectivity index (χ1v) is 10.6. The molecule has 1 fully saturated rings. The molecule has 2 amide bonds. The van der Waals surface area contributed by atoms with Crippen LogP contribution >= 0.6 is 0 Å². The fourth-order valence-corrected chi connectivity index (χ4v) is 4.18. The van der Waals surface area contributed by atoms with Crippen LogP contribution in [0.15, 0.2) is 54.5 Å². The van der Waals surface area contributed by atoms with Gasteiger partial charge in [0.15, 0.2) is 0 Å². The molecule has 3 heterocycles. The number of hydrogen-bond donors (Lipinski definition) is 0. The minimum Gasteiger partial charge on any atom is -0.494 e. The van der Waals surface area contributed by atoms with Gasteiger partial charge in [-0.2, -0.15) is 0 Å². The minimum atomic E-state index is -0.292. The molecule has 2 atom stereocenters. The van der Waals surface area contributed by atoms with E-state index in [1.54, 1.807) is 18.5 Å². The molecule has 0 spiro atoms. The molecule has 2 aromatic rings. The number of morpholine rings is 1. The van der Waals surface area contributed by atoms with E-state index in [2.05, 4.69) is 4.98 Å². The van der Waals surface area contributed by atoms with Crippen LogP contribution in [-0.4, -0.2) is 58.5 Å². The zero-order valence-electron chi connectivity index (χ0n) is 18.1. The largest absolute Gasteiger partial charge is 0.494 e. The number of hydrogen-bond acceptors (Lipinski definition) is 6. The molecule has 7 heteroatoms. The Hall–Kier alpha value is -3.19. The Balaban J connectivity index is 1.73. The zero-order valence-corrected chi connectivity index (χ0v) is 18.1. The molecule has 0 saturated carbocycles. The summed E-state index contributed by atoms with van der Waals surface area (Å²) in [5, 5.41) is 0. The molecular formula is C24H27N3O4.